The molecule has 1 amide bonds. The van der Waals surface area contributed by atoms with Gasteiger partial charge in [-0.05, 0) is 28.5 Å². The Hall–Kier alpha value is -2.70. The standard InChI is InChI=1S/C26H27N3OS2/c1-16(2)19-11-8-12-20(17(3)4)24(19)29-22(30)14-32-26-23-21(18-9-6-5-7-10-18)13-31-25(23)27-15-28-26/h5-13,15-17H,14H2,1-4H3,(H,29,30). The Morgan fingerprint density at radius 2 is 1.66 bits per heavy atom. The number of anilines is 1. The van der Waals surface area contributed by atoms with Crippen LogP contribution in [0.5, 0.6) is 0 Å². The average molecular weight is 462 g/mol. The van der Waals surface area contributed by atoms with Crippen LogP contribution >= 0.6 is 23.1 Å². The lowest BCUT2D eigenvalue weighted by molar-refractivity contribution is -0.113. The van der Waals surface area contributed by atoms with Crippen LogP contribution in [0.3, 0.4) is 0 Å². The van der Waals surface area contributed by atoms with E-state index in [0.29, 0.717) is 17.6 Å². The van der Waals surface area contributed by atoms with Crippen LogP contribution in [0, 0.1) is 0 Å². The van der Waals surface area contributed by atoms with E-state index in [4.69, 9.17) is 0 Å². The summed E-state index contributed by atoms with van der Waals surface area (Å²) >= 11 is 3.07. The topological polar surface area (TPSA) is 54.9 Å². The highest BCUT2D eigenvalue weighted by Crippen LogP contribution is 2.38. The first-order valence-corrected chi connectivity index (χ1v) is 12.6. The van der Waals surface area contributed by atoms with Crippen molar-refractivity contribution in [1.29, 1.82) is 0 Å². The highest BCUT2D eigenvalue weighted by Gasteiger charge is 2.18. The van der Waals surface area contributed by atoms with E-state index < -0.39 is 0 Å². The maximum absolute atomic E-state index is 13.0. The Balaban J connectivity index is 1.58. The third-order valence-corrected chi connectivity index (χ3v) is 7.27. The number of hydrogen-bond donors (Lipinski definition) is 1. The molecule has 4 nitrogen and oxygen atoms in total. The molecule has 4 rings (SSSR count). The summed E-state index contributed by atoms with van der Waals surface area (Å²) in [7, 11) is 0. The highest BCUT2D eigenvalue weighted by atomic mass is 32.2. The van der Waals surface area contributed by atoms with E-state index in [1.54, 1.807) is 17.7 Å². The number of amides is 1. The Bertz CT molecular complexity index is 1210. The van der Waals surface area contributed by atoms with Gasteiger partial charge in [-0.1, -0.05) is 88.0 Å². The lowest BCUT2D eigenvalue weighted by atomic mass is 9.92. The van der Waals surface area contributed by atoms with Gasteiger partial charge in [0, 0.05) is 16.6 Å². The van der Waals surface area contributed by atoms with Gasteiger partial charge in [0.1, 0.15) is 16.2 Å². The second kappa shape index (κ2) is 9.84. The van der Waals surface area contributed by atoms with Gasteiger partial charge in [-0.25, -0.2) is 9.97 Å². The molecule has 0 atom stereocenters. The minimum absolute atomic E-state index is 0.0201. The minimum Gasteiger partial charge on any atom is -0.325 e. The monoisotopic (exact) mass is 461 g/mol. The van der Waals surface area contributed by atoms with E-state index in [9.17, 15) is 4.79 Å². The molecule has 0 fully saturated rings. The van der Waals surface area contributed by atoms with Crippen LogP contribution in [0.15, 0.2) is 65.3 Å². The smallest absolute Gasteiger partial charge is 0.234 e. The van der Waals surface area contributed by atoms with Crippen molar-refractivity contribution in [2.24, 2.45) is 0 Å². The molecule has 1 N–H and O–H groups in total. The van der Waals surface area contributed by atoms with Crippen molar-refractivity contribution in [3.63, 3.8) is 0 Å². The van der Waals surface area contributed by atoms with Gasteiger partial charge in [0.05, 0.1) is 11.1 Å². The van der Waals surface area contributed by atoms with Gasteiger partial charge in [-0.15, -0.1) is 11.3 Å². The molecule has 0 aliphatic carbocycles. The number of aromatic nitrogens is 2. The van der Waals surface area contributed by atoms with Crippen molar-refractivity contribution >= 4 is 44.9 Å². The fourth-order valence-electron chi connectivity index (χ4n) is 3.79. The Morgan fingerprint density at radius 3 is 2.31 bits per heavy atom. The molecule has 0 saturated carbocycles. The quantitative estimate of drug-likeness (QED) is 0.231. The Kier molecular flexibility index (Phi) is 6.92. The van der Waals surface area contributed by atoms with Crippen LogP contribution in [0.2, 0.25) is 0 Å². The van der Waals surface area contributed by atoms with Gasteiger partial charge in [-0.3, -0.25) is 4.79 Å². The summed E-state index contributed by atoms with van der Waals surface area (Å²) in [5.74, 6) is 0.933. The highest BCUT2D eigenvalue weighted by molar-refractivity contribution is 8.00. The minimum atomic E-state index is -0.0201. The van der Waals surface area contributed by atoms with Gasteiger partial charge in [0.15, 0.2) is 0 Å². The van der Waals surface area contributed by atoms with Crippen molar-refractivity contribution in [3.8, 4) is 11.1 Å². The molecule has 4 aromatic rings. The zero-order valence-corrected chi connectivity index (χ0v) is 20.4. The third kappa shape index (κ3) is 4.71. The lowest BCUT2D eigenvalue weighted by Crippen LogP contribution is -2.17. The zero-order valence-electron chi connectivity index (χ0n) is 18.8. The van der Waals surface area contributed by atoms with Crippen LogP contribution < -0.4 is 5.32 Å². The van der Waals surface area contributed by atoms with Gasteiger partial charge in [-0.2, -0.15) is 0 Å². The molecule has 164 valence electrons. The maximum Gasteiger partial charge on any atom is 0.234 e. The Morgan fingerprint density at radius 1 is 0.969 bits per heavy atom. The number of thioether (sulfide) groups is 1. The molecule has 2 heterocycles. The SMILES string of the molecule is CC(C)c1cccc(C(C)C)c1NC(=O)CSc1ncnc2scc(-c3ccccc3)c12. The number of fused-ring (bicyclic) bond motifs is 1. The van der Waals surface area contributed by atoms with E-state index in [-0.39, 0.29) is 5.91 Å². The molecule has 2 aromatic heterocycles. The average Bonchev–Trinajstić information content (AvgIpc) is 3.23. The molecule has 0 bridgehead atoms. The van der Waals surface area contributed by atoms with Crippen molar-refractivity contribution < 1.29 is 4.79 Å². The van der Waals surface area contributed by atoms with Gasteiger partial charge >= 0.3 is 0 Å². The zero-order chi connectivity index (χ0) is 22.7. The summed E-state index contributed by atoms with van der Waals surface area (Å²) in [5.41, 5.74) is 5.54. The molecule has 6 heteroatoms. The first-order valence-electron chi connectivity index (χ1n) is 10.8. The molecular weight excluding hydrogens is 434 g/mol. The normalized spacial score (nSPS) is 11.4. The molecule has 0 spiro atoms. The second-order valence-electron chi connectivity index (χ2n) is 8.33. The van der Waals surface area contributed by atoms with Crippen molar-refractivity contribution in [3.05, 3.63) is 71.4 Å². The van der Waals surface area contributed by atoms with E-state index in [0.717, 1.165) is 32.1 Å². The molecule has 0 unspecified atom stereocenters. The van der Waals surface area contributed by atoms with Crippen LogP contribution in [0.25, 0.3) is 21.3 Å². The van der Waals surface area contributed by atoms with Crippen LogP contribution in [-0.4, -0.2) is 21.6 Å². The maximum atomic E-state index is 13.0. The fourth-order valence-corrected chi connectivity index (χ4v) is 5.59. The summed E-state index contributed by atoms with van der Waals surface area (Å²) in [4.78, 5) is 22.9. The van der Waals surface area contributed by atoms with E-state index in [1.165, 1.54) is 22.9 Å². The van der Waals surface area contributed by atoms with Gasteiger partial charge in [0.2, 0.25) is 5.91 Å². The Labute approximate surface area is 197 Å². The molecule has 0 saturated heterocycles. The number of hydrogen-bond acceptors (Lipinski definition) is 5. The summed E-state index contributed by atoms with van der Waals surface area (Å²) in [6.07, 6.45) is 1.58. The van der Waals surface area contributed by atoms with E-state index in [2.05, 4.69) is 78.7 Å². The summed E-state index contributed by atoms with van der Waals surface area (Å²) < 4.78 is 0. The first kappa shape index (κ1) is 22.5. The van der Waals surface area contributed by atoms with E-state index in [1.807, 2.05) is 18.2 Å². The number of rotatable bonds is 7. The first-order chi connectivity index (χ1) is 15.5. The fraction of sp³-hybridized carbons (Fsp3) is 0.269. The summed E-state index contributed by atoms with van der Waals surface area (Å²) in [6.45, 7) is 8.62. The number of para-hydroxylation sites is 1. The van der Waals surface area contributed by atoms with Crippen LogP contribution in [-0.2, 0) is 4.79 Å². The second-order valence-corrected chi connectivity index (χ2v) is 10.2. The van der Waals surface area contributed by atoms with Crippen LogP contribution in [0.1, 0.15) is 50.7 Å². The number of nitrogens with zero attached hydrogens (tertiary/aromatic N) is 2. The van der Waals surface area contributed by atoms with E-state index >= 15 is 0 Å². The van der Waals surface area contributed by atoms with Gasteiger partial charge in [0.25, 0.3) is 0 Å². The number of nitrogens with one attached hydrogen (secondary N) is 1. The number of carbonyl (C=O) groups excluding carboxylic acids is 1. The molecule has 0 aliphatic rings. The molecule has 2 aromatic carbocycles. The molecular formula is C26H27N3OS2. The number of benzene rings is 2. The van der Waals surface area contributed by atoms with Crippen LogP contribution in [0.4, 0.5) is 5.69 Å². The van der Waals surface area contributed by atoms with Crippen molar-refractivity contribution in [2.75, 3.05) is 11.1 Å². The van der Waals surface area contributed by atoms with Crippen molar-refractivity contribution in [1.82, 2.24) is 9.97 Å². The van der Waals surface area contributed by atoms with Gasteiger partial charge < -0.3 is 5.32 Å². The lowest BCUT2D eigenvalue weighted by Gasteiger charge is -2.20. The summed E-state index contributed by atoms with van der Waals surface area (Å²) in [5, 5.41) is 7.18. The summed E-state index contributed by atoms with van der Waals surface area (Å²) in [6, 6.07) is 16.5. The molecule has 0 radical (unpaired) electrons. The molecule has 0 aliphatic heterocycles. The van der Waals surface area contributed by atoms with Crippen molar-refractivity contribution in [2.45, 2.75) is 44.6 Å². The number of carbonyl (C=O) groups is 1. The largest absolute Gasteiger partial charge is 0.325 e. The molecule has 32 heavy (non-hydrogen) atoms. The number of thiophene rings is 1. The predicted octanol–water partition coefficient (Wildman–Crippen LogP) is 7.34. The predicted molar refractivity (Wildman–Crippen MR) is 137 cm³/mol. The third-order valence-electron chi connectivity index (χ3n) is 5.40.